The van der Waals surface area contributed by atoms with Gasteiger partial charge in [0, 0.05) is 25.7 Å². The third kappa shape index (κ3) is 4.15. The highest BCUT2D eigenvalue weighted by molar-refractivity contribution is 7.88. The minimum atomic E-state index is -3.20. The zero-order valence-corrected chi connectivity index (χ0v) is 12.2. The number of sulfonamides is 1. The summed E-state index contributed by atoms with van der Waals surface area (Å²) in [5, 5.41) is 5.55. The molecule has 3 N–H and O–H groups in total. The monoisotopic (exact) mass is 304 g/mol. The largest absolute Gasteiger partial charge is 0.353 e. The Hall–Kier alpha value is -1.19. The molecule has 8 nitrogen and oxygen atoms in total. The van der Waals surface area contributed by atoms with E-state index in [1.165, 1.54) is 0 Å². The van der Waals surface area contributed by atoms with Gasteiger partial charge in [0.2, 0.25) is 21.8 Å². The van der Waals surface area contributed by atoms with E-state index in [0.717, 1.165) is 6.26 Å². The summed E-state index contributed by atoms with van der Waals surface area (Å²) in [7, 11) is -3.20. The Bertz CT molecular complexity index is 475. The molecule has 2 heterocycles. The lowest BCUT2D eigenvalue weighted by molar-refractivity contribution is -0.135. The highest BCUT2D eigenvalue weighted by Gasteiger charge is 2.31. The van der Waals surface area contributed by atoms with Crippen LogP contribution < -0.4 is 15.4 Å². The van der Waals surface area contributed by atoms with Crippen molar-refractivity contribution in [3.8, 4) is 0 Å². The molecule has 114 valence electrons. The second-order valence-corrected chi connectivity index (χ2v) is 7.01. The Morgan fingerprint density at radius 1 is 1.35 bits per heavy atom. The van der Waals surface area contributed by atoms with Gasteiger partial charge in [-0.3, -0.25) is 14.9 Å². The fourth-order valence-electron chi connectivity index (χ4n) is 2.48. The van der Waals surface area contributed by atoms with Crippen LogP contribution in [-0.2, 0) is 19.6 Å². The van der Waals surface area contributed by atoms with E-state index in [1.54, 1.807) is 4.90 Å². The van der Waals surface area contributed by atoms with Crippen LogP contribution >= 0.6 is 0 Å². The number of hydrogen-bond donors (Lipinski definition) is 3. The number of nitrogens with zero attached hydrogens (tertiary/aromatic N) is 1. The fourth-order valence-corrected chi connectivity index (χ4v) is 3.32. The molecule has 2 fully saturated rings. The first-order valence-corrected chi connectivity index (χ1v) is 8.50. The number of piperidine rings is 1. The molecule has 0 saturated carbocycles. The van der Waals surface area contributed by atoms with E-state index < -0.39 is 10.0 Å². The van der Waals surface area contributed by atoms with Gasteiger partial charge >= 0.3 is 0 Å². The van der Waals surface area contributed by atoms with Crippen LogP contribution in [0.15, 0.2) is 0 Å². The number of carbonyl (C=O) groups excluding carboxylic acids is 2. The number of hydrogen-bond acceptors (Lipinski definition) is 5. The van der Waals surface area contributed by atoms with Gasteiger partial charge in [-0.25, -0.2) is 13.1 Å². The molecule has 1 atom stereocenters. The summed E-state index contributed by atoms with van der Waals surface area (Å²) >= 11 is 0. The van der Waals surface area contributed by atoms with Crippen LogP contribution in [0.5, 0.6) is 0 Å². The average Bonchev–Trinajstić information content (AvgIpc) is 2.38. The molecule has 0 radical (unpaired) electrons. The summed E-state index contributed by atoms with van der Waals surface area (Å²) in [6.45, 7) is 1.51. The Labute approximate surface area is 118 Å². The van der Waals surface area contributed by atoms with Gasteiger partial charge in [-0.2, -0.15) is 0 Å². The van der Waals surface area contributed by atoms with E-state index in [2.05, 4.69) is 15.4 Å². The number of carbonyl (C=O) groups is 2. The third-order valence-corrected chi connectivity index (χ3v) is 4.26. The van der Waals surface area contributed by atoms with Crippen LogP contribution in [0.4, 0.5) is 0 Å². The van der Waals surface area contributed by atoms with Gasteiger partial charge in [-0.1, -0.05) is 0 Å². The van der Waals surface area contributed by atoms with Crippen molar-refractivity contribution >= 4 is 21.8 Å². The van der Waals surface area contributed by atoms with Gasteiger partial charge in [0.05, 0.1) is 12.8 Å². The maximum Gasteiger partial charge on any atom is 0.241 e. The maximum absolute atomic E-state index is 12.2. The SMILES string of the molecule is CS(=O)(=O)NC1CCN(C(=O)C2CNC(=O)CN2)CC1. The van der Waals surface area contributed by atoms with E-state index in [-0.39, 0.29) is 30.4 Å². The Kier molecular flexibility index (Phi) is 4.61. The molecule has 20 heavy (non-hydrogen) atoms. The highest BCUT2D eigenvalue weighted by Crippen LogP contribution is 2.12. The molecule has 1 unspecified atom stereocenters. The van der Waals surface area contributed by atoms with Gasteiger partial charge in [0.1, 0.15) is 6.04 Å². The molecule has 0 aromatic heterocycles. The second-order valence-electron chi connectivity index (χ2n) is 5.23. The summed E-state index contributed by atoms with van der Waals surface area (Å²) < 4.78 is 24.9. The van der Waals surface area contributed by atoms with E-state index in [4.69, 9.17) is 0 Å². The standard InChI is InChI=1S/C11H20N4O4S/c1-20(18,19)14-8-2-4-15(5-3-8)11(17)9-6-13-10(16)7-12-9/h8-9,12,14H,2-7H2,1H3,(H,13,16). The quantitative estimate of drug-likeness (QED) is 0.539. The number of nitrogens with one attached hydrogen (secondary N) is 3. The summed E-state index contributed by atoms with van der Waals surface area (Å²) in [6, 6.07) is -0.486. The minimum Gasteiger partial charge on any atom is -0.353 e. The van der Waals surface area contributed by atoms with Crippen molar-refractivity contribution in [3.05, 3.63) is 0 Å². The predicted molar refractivity (Wildman–Crippen MR) is 72.4 cm³/mol. The lowest BCUT2D eigenvalue weighted by Crippen LogP contribution is -2.60. The van der Waals surface area contributed by atoms with Crippen molar-refractivity contribution in [1.82, 2.24) is 20.3 Å². The molecule has 0 aliphatic carbocycles. The minimum absolute atomic E-state index is 0.0391. The zero-order chi connectivity index (χ0) is 14.8. The lowest BCUT2D eigenvalue weighted by Gasteiger charge is -2.35. The fraction of sp³-hybridized carbons (Fsp3) is 0.818. The number of likely N-dealkylation sites (tertiary alicyclic amines) is 1. The molecule has 2 saturated heterocycles. The van der Waals surface area contributed by atoms with Crippen molar-refractivity contribution in [2.75, 3.05) is 32.4 Å². The van der Waals surface area contributed by atoms with Gasteiger partial charge in [-0.15, -0.1) is 0 Å². The first-order valence-electron chi connectivity index (χ1n) is 6.61. The Balaban J connectivity index is 1.81. The molecule has 2 aliphatic rings. The van der Waals surface area contributed by atoms with Crippen LogP contribution in [0.25, 0.3) is 0 Å². The van der Waals surface area contributed by atoms with Crippen LogP contribution in [-0.4, -0.2) is 69.7 Å². The van der Waals surface area contributed by atoms with Crippen molar-refractivity contribution in [2.24, 2.45) is 0 Å². The lowest BCUT2D eigenvalue weighted by atomic mass is 10.0. The average molecular weight is 304 g/mol. The topological polar surface area (TPSA) is 108 Å². The molecular weight excluding hydrogens is 284 g/mol. The smallest absolute Gasteiger partial charge is 0.241 e. The van der Waals surface area contributed by atoms with Crippen molar-refractivity contribution < 1.29 is 18.0 Å². The second kappa shape index (κ2) is 6.06. The third-order valence-electron chi connectivity index (χ3n) is 3.50. The molecule has 9 heteroatoms. The van der Waals surface area contributed by atoms with Crippen molar-refractivity contribution in [1.29, 1.82) is 0 Å². The van der Waals surface area contributed by atoms with Crippen molar-refractivity contribution in [2.45, 2.75) is 24.9 Å². The van der Waals surface area contributed by atoms with Crippen LogP contribution in [0.1, 0.15) is 12.8 Å². The summed E-state index contributed by atoms with van der Waals surface area (Å²) in [4.78, 5) is 25.0. The molecule has 0 aromatic carbocycles. The van der Waals surface area contributed by atoms with Crippen LogP contribution in [0.3, 0.4) is 0 Å². The Morgan fingerprint density at radius 2 is 2.00 bits per heavy atom. The van der Waals surface area contributed by atoms with Crippen LogP contribution in [0.2, 0.25) is 0 Å². The molecule has 2 rings (SSSR count). The highest BCUT2D eigenvalue weighted by atomic mass is 32.2. The van der Waals surface area contributed by atoms with E-state index in [1.807, 2.05) is 0 Å². The summed E-state index contributed by atoms with van der Waals surface area (Å²) in [5.74, 6) is -0.145. The zero-order valence-electron chi connectivity index (χ0n) is 11.4. The first-order chi connectivity index (χ1) is 9.35. The summed E-state index contributed by atoms with van der Waals surface area (Å²) in [6.07, 6.45) is 2.36. The molecule has 0 bridgehead atoms. The molecule has 0 aromatic rings. The van der Waals surface area contributed by atoms with Gasteiger partial charge in [0.25, 0.3) is 0 Å². The van der Waals surface area contributed by atoms with Crippen molar-refractivity contribution in [3.63, 3.8) is 0 Å². The first kappa shape index (κ1) is 15.2. The Morgan fingerprint density at radius 3 is 2.50 bits per heavy atom. The molecule has 0 spiro atoms. The molecular formula is C11H20N4O4S. The maximum atomic E-state index is 12.2. The number of amides is 2. The van der Waals surface area contributed by atoms with E-state index in [0.29, 0.717) is 32.5 Å². The predicted octanol–water partition coefficient (Wildman–Crippen LogP) is -2.39. The number of rotatable bonds is 3. The molecule has 2 aliphatic heterocycles. The van der Waals surface area contributed by atoms with Crippen LogP contribution in [0, 0.1) is 0 Å². The molecule has 2 amide bonds. The van der Waals surface area contributed by atoms with E-state index >= 15 is 0 Å². The van der Waals surface area contributed by atoms with Gasteiger partial charge in [0.15, 0.2) is 0 Å². The van der Waals surface area contributed by atoms with Gasteiger partial charge < -0.3 is 10.2 Å². The van der Waals surface area contributed by atoms with Gasteiger partial charge in [-0.05, 0) is 12.8 Å². The normalized spacial score (nSPS) is 25.4. The van der Waals surface area contributed by atoms with E-state index in [9.17, 15) is 18.0 Å². The number of piperazine rings is 1. The summed E-state index contributed by atoms with van der Waals surface area (Å²) in [5.41, 5.74) is 0.